The minimum atomic E-state index is 0.00561. The number of hydrogen-bond donors (Lipinski definition) is 0. The van der Waals surface area contributed by atoms with Crippen LogP contribution in [0, 0.1) is 0 Å². The van der Waals surface area contributed by atoms with Gasteiger partial charge in [-0.1, -0.05) is 136 Å². The molecule has 0 spiro atoms. The fraction of sp³-hybridized carbons (Fsp3) is 0.0870. The standard InChI is InChI=1S/C46H34BNO/c1-46(2,3)35-20-21-38-42(28-35)49-43-27-34(31-17-11-6-12-18-31)26-41-44(43)47(38)39-25-33(30-15-9-5-10-16-30)24-37-36-23-32(29-13-7-4-8-14-29)19-22-40(36)48(41)45(37)39/h4-28H,1-3H3. The van der Waals surface area contributed by atoms with E-state index in [1.54, 1.807) is 0 Å². The maximum Gasteiger partial charge on any atom is 0.256 e. The Balaban J connectivity index is 1.35. The first kappa shape index (κ1) is 28.2. The van der Waals surface area contributed by atoms with Crippen molar-refractivity contribution in [3.63, 3.8) is 0 Å². The highest BCUT2D eigenvalue weighted by atomic mass is 16.5. The van der Waals surface area contributed by atoms with E-state index in [9.17, 15) is 0 Å². The number of aromatic nitrogens is 1. The number of rotatable bonds is 3. The van der Waals surface area contributed by atoms with Gasteiger partial charge in [0, 0.05) is 22.0 Å². The molecule has 0 unspecified atom stereocenters. The van der Waals surface area contributed by atoms with Gasteiger partial charge in [0.25, 0.3) is 6.71 Å². The Labute approximate surface area is 287 Å². The molecule has 3 heteroatoms. The van der Waals surface area contributed by atoms with Crippen LogP contribution in [0.2, 0.25) is 0 Å². The molecule has 2 aliphatic rings. The molecule has 8 aromatic rings. The van der Waals surface area contributed by atoms with Gasteiger partial charge in [0.15, 0.2) is 0 Å². The summed E-state index contributed by atoms with van der Waals surface area (Å²) in [7, 11) is 0. The summed E-state index contributed by atoms with van der Waals surface area (Å²) in [6.07, 6.45) is 0. The summed E-state index contributed by atoms with van der Waals surface area (Å²) in [6.45, 7) is 6.84. The second kappa shape index (κ2) is 10.4. The Morgan fingerprint density at radius 3 is 1.76 bits per heavy atom. The van der Waals surface area contributed by atoms with E-state index in [0.29, 0.717) is 0 Å². The van der Waals surface area contributed by atoms with Gasteiger partial charge in [0.05, 0.1) is 5.52 Å². The second-order valence-electron chi connectivity index (χ2n) is 14.6. The van der Waals surface area contributed by atoms with Crippen LogP contribution in [0.25, 0.3) is 60.9 Å². The zero-order chi connectivity index (χ0) is 32.9. The molecule has 0 fully saturated rings. The van der Waals surface area contributed by atoms with Crippen LogP contribution in [0.15, 0.2) is 152 Å². The molecule has 7 aromatic carbocycles. The van der Waals surface area contributed by atoms with Crippen LogP contribution in [-0.4, -0.2) is 11.3 Å². The predicted octanol–water partition coefficient (Wildman–Crippen LogP) is 10.0. The van der Waals surface area contributed by atoms with Crippen molar-refractivity contribution in [1.82, 2.24) is 4.57 Å². The maximum atomic E-state index is 7.00. The third kappa shape index (κ3) is 4.28. The molecule has 10 rings (SSSR count). The van der Waals surface area contributed by atoms with Crippen molar-refractivity contribution >= 4 is 44.9 Å². The number of nitrogens with zero attached hydrogens (tertiary/aromatic N) is 1. The average Bonchev–Trinajstić information content (AvgIpc) is 3.47. The van der Waals surface area contributed by atoms with Crippen molar-refractivity contribution in [2.75, 3.05) is 0 Å². The Kier molecular flexibility index (Phi) is 5.96. The molecule has 1 aromatic heterocycles. The van der Waals surface area contributed by atoms with E-state index in [1.807, 2.05) is 0 Å². The lowest BCUT2D eigenvalue weighted by Crippen LogP contribution is -2.58. The largest absolute Gasteiger partial charge is 0.458 e. The fourth-order valence-corrected chi connectivity index (χ4v) is 8.15. The van der Waals surface area contributed by atoms with Crippen LogP contribution in [-0.2, 0) is 5.41 Å². The Hall–Kier alpha value is -5.80. The van der Waals surface area contributed by atoms with E-state index in [4.69, 9.17) is 4.74 Å². The summed E-state index contributed by atoms with van der Waals surface area (Å²) in [5.41, 5.74) is 16.0. The lowest BCUT2D eigenvalue weighted by molar-refractivity contribution is 0.483. The van der Waals surface area contributed by atoms with Gasteiger partial charge in [0.2, 0.25) is 0 Å². The minimum Gasteiger partial charge on any atom is -0.458 e. The maximum absolute atomic E-state index is 7.00. The highest BCUT2D eigenvalue weighted by Gasteiger charge is 2.41. The van der Waals surface area contributed by atoms with Gasteiger partial charge < -0.3 is 9.30 Å². The number of fused-ring (bicyclic) bond motifs is 7. The molecule has 3 heterocycles. The van der Waals surface area contributed by atoms with E-state index in [1.165, 1.54) is 77.3 Å². The lowest BCUT2D eigenvalue weighted by Gasteiger charge is -2.35. The van der Waals surface area contributed by atoms with E-state index in [2.05, 4.69) is 177 Å². The summed E-state index contributed by atoms with van der Waals surface area (Å²) in [5, 5.41) is 2.54. The number of benzene rings is 7. The van der Waals surface area contributed by atoms with Crippen LogP contribution < -0.4 is 21.1 Å². The van der Waals surface area contributed by atoms with E-state index >= 15 is 0 Å². The van der Waals surface area contributed by atoms with Gasteiger partial charge in [-0.15, -0.1) is 0 Å². The molecule has 0 saturated carbocycles. The number of ether oxygens (including phenoxy) is 1. The van der Waals surface area contributed by atoms with Gasteiger partial charge >= 0.3 is 0 Å². The average molecular weight is 628 g/mol. The van der Waals surface area contributed by atoms with E-state index in [0.717, 1.165) is 17.1 Å². The van der Waals surface area contributed by atoms with Crippen molar-refractivity contribution in [3.8, 4) is 50.6 Å². The Bertz CT molecular complexity index is 2600. The lowest BCUT2D eigenvalue weighted by atomic mass is 9.34. The molecule has 232 valence electrons. The summed E-state index contributed by atoms with van der Waals surface area (Å²) >= 11 is 0. The summed E-state index contributed by atoms with van der Waals surface area (Å²) in [5.74, 6) is 1.89. The fourth-order valence-electron chi connectivity index (χ4n) is 8.15. The van der Waals surface area contributed by atoms with Crippen LogP contribution >= 0.6 is 0 Å². The molecule has 0 N–H and O–H groups in total. The van der Waals surface area contributed by atoms with Crippen LogP contribution in [0.3, 0.4) is 0 Å². The quantitative estimate of drug-likeness (QED) is 0.178. The van der Waals surface area contributed by atoms with E-state index in [-0.39, 0.29) is 12.1 Å². The third-order valence-corrected chi connectivity index (χ3v) is 10.6. The van der Waals surface area contributed by atoms with Crippen LogP contribution in [0.1, 0.15) is 26.3 Å². The first-order chi connectivity index (χ1) is 23.9. The van der Waals surface area contributed by atoms with Gasteiger partial charge in [-0.2, -0.15) is 0 Å². The summed E-state index contributed by atoms with van der Waals surface area (Å²) in [4.78, 5) is 0. The van der Waals surface area contributed by atoms with Gasteiger partial charge in [-0.25, -0.2) is 0 Å². The normalized spacial score (nSPS) is 12.9. The molecule has 2 nitrogen and oxygen atoms in total. The molecular weight excluding hydrogens is 593 g/mol. The van der Waals surface area contributed by atoms with Gasteiger partial charge in [0.1, 0.15) is 11.5 Å². The molecule has 0 radical (unpaired) electrons. The smallest absolute Gasteiger partial charge is 0.256 e. The van der Waals surface area contributed by atoms with E-state index < -0.39 is 0 Å². The summed E-state index contributed by atoms with van der Waals surface area (Å²) < 4.78 is 9.52. The van der Waals surface area contributed by atoms with Crippen molar-refractivity contribution in [2.24, 2.45) is 0 Å². The third-order valence-electron chi connectivity index (χ3n) is 10.6. The second-order valence-corrected chi connectivity index (χ2v) is 14.6. The first-order valence-corrected chi connectivity index (χ1v) is 17.2. The first-order valence-electron chi connectivity index (χ1n) is 17.2. The molecule has 0 bridgehead atoms. The molecule has 0 aliphatic carbocycles. The molecule has 0 atom stereocenters. The Morgan fingerprint density at radius 2 is 1.10 bits per heavy atom. The van der Waals surface area contributed by atoms with Crippen LogP contribution in [0.5, 0.6) is 11.5 Å². The SMILES string of the molecule is CC(C)(C)c1ccc2c(c1)Oc1cc(-c3ccccc3)cc3c1B2c1cc(-c2ccccc2)cc2c4cc(-c5ccccc5)ccc4n-3c12. The number of hydrogen-bond acceptors (Lipinski definition) is 1. The molecule has 49 heavy (non-hydrogen) atoms. The zero-order valence-corrected chi connectivity index (χ0v) is 27.9. The van der Waals surface area contributed by atoms with Crippen LogP contribution in [0.4, 0.5) is 0 Å². The molecule has 0 amide bonds. The van der Waals surface area contributed by atoms with Crippen molar-refractivity contribution < 1.29 is 4.74 Å². The highest BCUT2D eigenvalue weighted by Crippen LogP contribution is 2.42. The predicted molar refractivity (Wildman–Crippen MR) is 207 cm³/mol. The molecular formula is C46H34BNO. The zero-order valence-electron chi connectivity index (χ0n) is 27.9. The minimum absolute atomic E-state index is 0.00561. The van der Waals surface area contributed by atoms with Gasteiger partial charge in [-0.3, -0.25) is 0 Å². The van der Waals surface area contributed by atoms with Gasteiger partial charge in [-0.05, 0) is 97.1 Å². The van der Waals surface area contributed by atoms with Crippen molar-refractivity contribution in [1.29, 1.82) is 0 Å². The summed E-state index contributed by atoms with van der Waals surface area (Å²) in [6, 6.07) is 55.6. The Morgan fingerprint density at radius 1 is 0.490 bits per heavy atom. The molecule has 0 saturated heterocycles. The molecule has 2 aliphatic heterocycles. The van der Waals surface area contributed by atoms with Crippen molar-refractivity contribution in [3.05, 3.63) is 157 Å². The van der Waals surface area contributed by atoms with Crippen molar-refractivity contribution in [2.45, 2.75) is 26.2 Å². The highest BCUT2D eigenvalue weighted by molar-refractivity contribution is 6.99. The monoisotopic (exact) mass is 627 g/mol. The topological polar surface area (TPSA) is 14.2 Å².